The zero-order chi connectivity index (χ0) is 26.2. The van der Waals surface area contributed by atoms with E-state index in [1.54, 1.807) is 33.4 Å². The standard InChI is InChI=1S/C25H34N8O3.H2/c1-15-12-18(27)16(6-9-26)13-19(15)29-22-28-14-20-21(30-22)33(23(34)31(20)5)17-7-10-32(11-8-17)24(35)36-25(2,3)4;/h6,9,12-14,17H,7-8,10-11,26-27H2,1-5H3,(H,28,29,30);1H/b9-6-;. The Kier molecular flexibility index (Phi) is 6.66. The first-order chi connectivity index (χ1) is 17.0. The summed E-state index contributed by atoms with van der Waals surface area (Å²) in [5.41, 5.74) is 15.2. The molecule has 0 atom stereocenters. The van der Waals surface area contributed by atoms with Crippen LogP contribution in [0.3, 0.4) is 0 Å². The number of nitrogens with two attached hydrogens (primary N) is 2. The lowest BCUT2D eigenvalue weighted by atomic mass is 10.1. The van der Waals surface area contributed by atoms with Crippen molar-refractivity contribution in [3.63, 3.8) is 0 Å². The number of carbonyl (C=O) groups is 1. The van der Waals surface area contributed by atoms with Gasteiger partial charge in [0, 0.05) is 44.5 Å². The largest absolute Gasteiger partial charge is 0.444 e. The molecule has 0 spiro atoms. The fourth-order valence-corrected chi connectivity index (χ4v) is 4.41. The molecule has 0 aliphatic carbocycles. The Morgan fingerprint density at radius 3 is 2.61 bits per heavy atom. The molecule has 3 heterocycles. The Labute approximate surface area is 211 Å². The lowest BCUT2D eigenvalue weighted by Crippen LogP contribution is -2.43. The van der Waals surface area contributed by atoms with Crippen molar-refractivity contribution in [3.05, 3.63) is 46.1 Å². The molecule has 36 heavy (non-hydrogen) atoms. The number of anilines is 3. The molecule has 0 saturated carbocycles. The minimum absolute atomic E-state index is 0. The van der Waals surface area contributed by atoms with Crippen LogP contribution in [-0.4, -0.2) is 48.8 Å². The van der Waals surface area contributed by atoms with E-state index < -0.39 is 5.60 Å². The normalized spacial score (nSPS) is 15.1. The summed E-state index contributed by atoms with van der Waals surface area (Å²) in [6.45, 7) is 8.48. The maximum Gasteiger partial charge on any atom is 0.410 e. The second-order valence-corrected chi connectivity index (χ2v) is 10.1. The number of fused-ring (bicyclic) bond motifs is 1. The van der Waals surface area contributed by atoms with Crippen LogP contribution < -0.4 is 22.5 Å². The molecule has 0 radical (unpaired) electrons. The molecule has 2 aromatic heterocycles. The van der Waals surface area contributed by atoms with Gasteiger partial charge in [-0.2, -0.15) is 4.98 Å². The number of nitrogens with zero attached hydrogens (tertiary/aromatic N) is 5. The van der Waals surface area contributed by atoms with Crippen molar-refractivity contribution < 1.29 is 11.0 Å². The summed E-state index contributed by atoms with van der Waals surface area (Å²) in [5, 5.41) is 3.25. The zero-order valence-electron chi connectivity index (χ0n) is 21.4. The average molecular weight is 497 g/mol. The van der Waals surface area contributed by atoms with Crippen LogP contribution in [0.5, 0.6) is 0 Å². The molecule has 1 aliphatic heterocycles. The number of imidazole rings is 1. The second-order valence-electron chi connectivity index (χ2n) is 10.1. The van der Waals surface area contributed by atoms with Crippen LogP contribution in [0.15, 0.2) is 29.3 Å². The number of nitrogens with one attached hydrogen (secondary N) is 1. The fraction of sp³-hybridized carbons (Fsp3) is 0.440. The molecule has 4 rings (SSSR count). The van der Waals surface area contributed by atoms with Gasteiger partial charge in [-0.25, -0.2) is 14.6 Å². The average Bonchev–Trinajstić information content (AvgIpc) is 3.05. The molecule has 1 aromatic carbocycles. The maximum atomic E-state index is 13.2. The molecular weight excluding hydrogens is 460 g/mol. The van der Waals surface area contributed by atoms with Gasteiger partial charge in [-0.15, -0.1) is 0 Å². The van der Waals surface area contributed by atoms with Gasteiger partial charge < -0.3 is 26.4 Å². The third kappa shape index (κ3) is 5.00. The van der Waals surface area contributed by atoms with Crippen LogP contribution in [0.25, 0.3) is 17.2 Å². The predicted molar refractivity (Wildman–Crippen MR) is 143 cm³/mol. The first-order valence-corrected chi connectivity index (χ1v) is 12.0. The number of hydrogen-bond donors (Lipinski definition) is 3. The van der Waals surface area contributed by atoms with Gasteiger partial charge in [-0.05, 0) is 70.5 Å². The van der Waals surface area contributed by atoms with Gasteiger partial charge in [0.05, 0.1) is 6.20 Å². The Morgan fingerprint density at radius 2 is 1.97 bits per heavy atom. The van der Waals surface area contributed by atoms with Crippen LogP contribution in [0.2, 0.25) is 0 Å². The fourth-order valence-electron chi connectivity index (χ4n) is 4.41. The zero-order valence-corrected chi connectivity index (χ0v) is 21.4. The molecule has 11 heteroatoms. The summed E-state index contributed by atoms with van der Waals surface area (Å²) in [7, 11) is 1.71. The number of nitrogen functional groups attached to an aromatic ring is 1. The highest BCUT2D eigenvalue weighted by Crippen LogP contribution is 2.28. The molecule has 0 bridgehead atoms. The molecule has 1 saturated heterocycles. The van der Waals surface area contributed by atoms with E-state index in [-0.39, 0.29) is 19.3 Å². The van der Waals surface area contributed by atoms with Crippen molar-refractivity contribution in [2.75, 3.05) is 24.1 Å². The predicted octanol–water partition coefficient (Wildman–Crippen LogP) is 3.51. The second kappa shape index (κ2) is 9.56. The minimum Gasteiger partial charge on any atom is -0.444 e. The van der Waals surface area contributed by atoms with E-state index in [2.05, 4.69) is 10.3 Å². The lowest BCUT2D eigenvalue weighted by molar-refractivity contribution is 0.0188. The quantitative estimate of drug-likeness (QED) is 0.465. The van der Waals surface area contributed by atoms with E-state index in [0.29, 0.717) is 48.7 Å². The highest BCUT2D eigenvalue weighted by atomic mass is 16.6. The number of benzene rings is 1. The molecule has 1 fully saturated rings. The number of amides is 1. The van der Waals surface area contributed by atoms with Gasteiger partial charge in [0.2, 0.25) is 5.95 Å². The topological polar surface area (TPSA) is 146 Å². The number of rotatable bonds is 4. The highest BCUT2D eigenvalue weighted by Gasteiger charge is 2.30. The number of ether oxygens (including phenoxy) is 1. The number of piperidine rings is 1. The lowest BCUT2D eigenvalue weighted by Gasteiger charge is -2.33. The van der Waals surface area contributed by atoms with Crippen molar-refractivity contribution in [3.8, 4) is 0 Å². The molecule has 1 amide bonds. The van der Waals surface area contributed by atoms with E-state index >= 15 is 0 Å². The first-order valence-electron chi connectivity index (χ1n) is 12.0. The summed E-state index contributed by atoms with van der Waals surface area (Å²) in [4.78, 5) is 36.5. The molecule has 194 valence electrons. The van der Waals surface area contributed by atoms with E-state index in [4.69, 9.17) is 21.2 Å². The van der Waals surface area contributed by atoms with E-state index in [1.165, 1.54) is 6.20 Å². The monoisotopic (exact) mass is 496 g/mol. The van der Waals surface area contributed by atoms with Crippen molar-refractivity contribution >= 4 is 40.7 Å². The van der Waals surface area contributed by atoms with Crippen LogP contribution in [-0.2, 0) is 11.8 Å². The SMILES string of the molecule is Cc1cc(N)c(/C=C\N)cc1Nc1ncc2c(n1)n(C1CCN(C(=O)OC(C)(C)C)CC1)c(=O)n2C.[HH]. The minimum atomic E-state index is -0.551. The third-order valence-corrected chi connectivity index (χ3v) is 6.27. The number of hydrogen-bond acceptors (Lipinski definition) is 8. The van der Waals surface area contributed by atoms with E-state index in [0.717, 1.165) is 16.8 Å². The summed E-state index contributed by atoms with van der Waals surface area (Å²) < 4.78 is 8.76. The summed E-state index contributed by atoms with van der Waals surface area (Å²) in [6.07, 6.45) is 5.72. The molecule has 3 aromatic rings. The van der Waals surface area contributed by atoms with E-state index in [1.807, 2.05) is 39.8 Å². The van der Waals surface area contributed by atoms with Crippen molar-refractivity contribution in [1.29, 1.82) is 0 Å². The summed E-state index contributed by atoms with van der Waals surface area (Å²) in [5.74, 6) is 0.364. The molecule has 11 nitrogen and oxygen atoms in total. The summed E-state index contributed by atoms with van der Waals surface area (Å²) >= 11 is 0. The molecular formula is C25H36N8O3. The van der Waals surface area contributed by atoms with Crippen molar-refractivity contribution in [2.24, 2.45) is 12.8 Å². The van der Waals surface area contributed by atoms with E-state index in [9.17, 15) is 9.59 Å². The molecule has 0 unspecified atom stereocenters. The van der Waals surface area contributed by atoms with Crippen LogP contribution in [0.1, 0.15) is 52.2 Å². The Bertz CT molecular complexity index is 1380. The summed E-state index contributed by atoms with van der Waals surface area (Å²) in [6, 6.07) is 3.64. The van der Waals surface area contributed by atoms with Gasteiger partial charge in [0.25, 0.3) is 0 Å². The Hall–Kier alpha value is -4.02. The Morgan fingerprint density at radius 1 is 1.28 bits per heavy atom. The third-order valence-electron chi connectivity index (χ3n) is 6.27. The van der Waals surface area contributed by atoms with Crippen molar-refractivity contribution in [2.45, 2.75) is 52.2 Å². The van der Waals surface area contributed by atoms with Gasteiger partial charge in [0.15, 0.2) is 5.65 Å². The number of aryl methyl sites for hydroxylation is 2. The smallest absolute Gasteiger partial charge is 0.410 e. The Balaban J connectivity index is 0.00000380. The van der Waals surface area contributed by atoms with Crippen LogP contribution in [0.4, 0.5) is 22.1 Å². The van der Waals surface area contributed by atoms with Gasteiger partial charge in [0.1, 0.15) is 11.1 Å². The number of likely N-dealkylation sites (tertiary alicyclic amines) is 1. The molecule has 5 N–H and O–H groups in total. The van der Waals surface area contributed by atoms with Crippen LogP contribution >= 0.6 is 0 Å². The van der Waals surface area contributed by atoms with Gasteiger partial charge in [-0.1, -0.05) is 0 Å². The van der Waals surface area contributed by atoms with Crippen LogP contribution in [0, 0.1) is 6.92 Å². The van der Waals surface area contributed by atoms with Crippen molar-refractivity contribution in [1.82, 2.24) is 24.0 Å². The number of carbonyl (C=O) groups excluding carboxylic acids is 1. The molecule has 1 aliphatic rings. The first kappa shape index (κ1) is 25.1. The highest BCUT2D eigenvalue weighted by molar-refractivity contribution is 5.76. The number of aromatic nitrogens is 4. The van der Waals surface area contributed by atoms with Gasteiger partial charge in [-0.3, -0.25) is 9.13 Å². The van der Waals surface area contributed by atoms with Gasteiger partial charge >= 0.3 is 11.8 Å². The maximum absolute atomic E-state index is 13.2.